The van der Waals surface area contributed by atoms with Gasteiger partial charge in [0.05, 0.1) is 6.54 Å². The molecule has 0 saturated carbocycles. The van der Waals surface area contributed by atoms with Crippen molar-refractivity contribution < 1.29 is 9.59 Å². The number of anilines is 2. The molecule has 1 aromatic carbocycles. The maximum atomic E-state index is 11.3. The van der Waals surface area contributed by atoms with E-state index in [4.69, 9.17) is 0 Å². The third-order valence-electron chi connectivity index (χ3n) is 2.10. The number of nitrogens with one attached hydrogen (secondary N) is 3. The molecule has 96 valence electrons. The molecule has 0 bridgehead atoms. The minimum Gasteiger partial charge on any atom is -0.376 e. The third kappa shape index (κ3) is 5.16. The highest BCUT2D eigenvalue weighted by atomic mass is 16.2. The standard InChI is InChI=1S/C13H17N3O2/c1-3-8-14-13(18)9-15-11-4-6-12(7-5-11)16-10(2)17/h3-7,15H,1,8-9H2,2H3,(H,14,18)(H,16,17). The summed E-state index contributed by atoms with van der Waals surface area (Å²) in [5.41, 5.74) is 1.54. The predicted molar refractivity (Wildman–Crippen MR) is 72.4 cm³/mol. The fourth-order valence-electron chi connectivity index (χ4n) is 1.31. The Morgan fingerprint density at radius 3 is 2.39 bits per heavy atom. The second-order valence-electron chi connectivity index (χ2n) is 3.70. The van der Waals surface area contributed by atoms with Crippen LogP contribution in [0.1, 0.15) is 6.92 Å². The summed E-state index contributed by atoms with van der Waals surface area (Å²) in [4.78, 5) is 22.1. The molecule has 3 N–H and O–H groups in total. The van der Waals surface area contributed by atoms with E-state index in [1.165, 1.54) is 6.92 Å². The predicted octanol–water partition coefficient (Wildman–Crippen LogP) is 1.36. The smallest absolute Gasteiger partial charge is 0.239 e. The van der Waals surface area contributed by atoms with Crippen LogP contribution < -0.4 is 16.0 Å². The second kappa shape index (κ2) is 7.11. The molecule has 18 heavy (non-hydrogen) atoms. The normalized spacial score (nSPS) is 9.39. The van der Waals surface area contributed by atoms with Crippen molar-refractivity contribution in [2.45, 2.75) is 6.92 Å². The van der Waals surface area contributed by atoms with Gasteiger partial charge in [-0.2, -0.15) is 0 Å². The number of hydrogen-bond acceptors (Lipinski definition) is 3. The van der Waals surface area contributed by atoms with Gasteiger partial charge in [0.1, 0.15) is 0 Å². The van der Waals surface area contributed by atoms with Crippen molar-refractivity contribution >= 4 is 23.2 Å². The Labute approximate surface area is 106 Å². The lowest BCUT2D eigenvalue weighted by molar-refractivity contribution is -0.119. The first-order chi connectivity index (χ1) is 8.61. The van der Waals surface area contributed by atoms with Gasteiger partial charge in [0.2, 0.25) is 11.8 Å². The van der Waals surface area contributed by atoms with Crippen molar-refractivity contribution in [2.75, 3.05) is 23.7 Å². The molecule has 0 fully saturated rings. The first-order valence-corrected chi connectivity index (χ1v) is 5.61. The average molecular weight is 247 g/mol. The molecule has 1 rings (SSSR count). The largest absolute Gasteiger partial charge is 0.376 e. The van der Waals surface area contributed by atoms with Crippen LogP contribution in [-0.4, -0.2) is 24.9 Å². The van der Waals surface area contributed by atoms with Crippen molar-refractivity contribution in [3.05, 3.63) is 36.9 Å². The van der Waals surface area contributed by atoms with Crippen LogP contribution in [0.3, 0.4) is 0 Å². The van der Waals surface area contributed by atoms with Crippen molar-refractivity contribution in [1.29, 1.82) is 0 Å². The van der Waals surface area contributed by atoms with Gasteiger partial charge in [-0.3, -0.25) is 9.59 Å². The van der Waals surface area contributed by atoms with Gasteiger partial charge in [0, 0.05) is 24.8 Å². The van der Waals surface area contributed by atoms with Crippen molar-refractivity contribution in [3.8, 4) is 0 Å². The highest BCUT2D eigenvalue weighted by molar-refractivity contribution is 5.88. The van der Waals surface area contributed by atoms with Crippen LogP contribution >= 0.6 is 0 Å². The average Bonchev–Trinajstić information content (AvgIpc) is 2.35. The molecule has 0 radical (unpaired) electrons. The molecule has 1 aromatic rings. The Kier molecular flexibility index (Phi) is 5.44. The van der Waals surface area contributed by atoms with Crippen molar-refractivity contribution in [1.82, 2.24) is 5.32 Å². The summed E-state index contributed by atoms with van der Waals surface area (Å²) in [5, 5.41) is 8.31. The van der Waals surface area contributed by atoms with E-state index in [9.17, 15) is 9.59 Å². The second-order valence-corrected chi connectivity index (χ2v) is 3.70. The molecule has 0 unspecified atom stereocenters. The Balaban J connectivity index is 2.41. The summed E-state index contributed by atoms with van der Waals surface area (Å²) >= 11 is 0. The van der Waals surface area contributed by atoms with Gasteiger partial charge in [-0.1, -0.05) is 6.08 Å². The van der Waals surface area contributed by atoms with Crippen molar-refractivity contribution in [3.63, 3.8) is 0 Å². The lowest BCUT2D eigenvalue weighted by Crippen LogP contribution is -2.29. The van der Waals surface area contributed by atoms with Crippen LogP contribution in [0.15, 0.2) is 36.9 Å². The summed E-state index contributed by atoms with van der Waals surface area (Å²) in [6.07, 6.45) is 1.63. The lowest BCUT2D eigenvalue weighted by atomic mass is 10.2. The quantitative estimate of drug-likeness (QED) is 0.665. The van der Waals surface area contributed by atoms with Gasteiger partial charge in [-0.15, -0.1) is 6.58 Å². The molecule has 0 saturated heterocycles. The Morgan fingerprint density at radius 1 is 1.22 bits per heavy atom. The van der Waals surface area contributed by atoms with Gasteiger partial charge in [-0.25, -0.2) is 0 Å². The molecule has 5 heteroatoms. The highest BCUT2D eigenvalue weighted by Crippen LogP contribution is 2.12. The molecule has 0 heterocycles. The van der Waals surface area contributed by atoms with Crippen LogP contribution in [0, 0.1) is 0 Å². The van der Waals surface area contributed by atoms with Gasteiger partial charge >= 0.3 is 0 Å². The Bertz CT molecular complexity index is 426. The highest BCUT2D eigenvalue weighted by Gasteiger charge is 2.00. The zero-order chi connectivity index (χ0) is 13.4. The molecule has 0 aliphatic rings. The topological polar surface area (TPSA) is 70.2 Å². The van der Waals surface area contributed by atoms with Crippen LogP contribution in [0.2, 0.25) is 0 Å². The van der Waals surface area contributed by atoms with Crippen LogP contribution in [0.25, 0.3) is 0 Å². The van der Waals surface area contributed by atoms with Gasteiger partial charge < -0.3 is 16.0 Å². The number of hydrogen-bond donors (Lipinski definition) is 3. The molecule has 0 spiro atoms. The van der Waals surface area contributed by atoms with Crippen LogP contribution in [-0.2, 0) is 9.59 Å². The first kappa shape index (κ1) is 13.8. The summed E-state index contributed by atoms with van der Waals surface area (Å²) in [6, 6.07) is 7.13. The number of rotatable bonds is 6. The van der Waals surface area contributed by atoms with E-state index in [1.807, 2.05) is 0 Å². The lowest BCUT2D eigenvalue weighted by Gasteiger charge is -2.07. The molecule has 0 aliphatic heterocycles. The Hall–Kier alpha value is -2.30. The SMILES string of the molecule is C=CCNC(=O)CNc1ccc(NC(C)=O)cc1. The zero-order valence-electron chi connectivity index (χ0n) is 10.3. The monoisotopic (exact) mass is 247 g/mol. The maximum absolute atomic E-state index is 11.3. The molecular formula is C13H17N3O2. The van der Waals surface area contributed by atoms with E-state index in [1.54, 1.807) is 30.3 Å². The van der Waals surface area contributed by atoms with E-state index >= 15 is 0 Å². The molecule has 0 aromatic heterocycles. The first-order valence-electron chi connectivity index (χ1n) is 5.61. The third-order valence-corrected chi connectivity index (χ3v) is 2.10. The van der Waals surface area contributed by atoms with Crippen LogP contribution in [0.4, 0.5) is 11.4 Å². The molecule has 0 aliphatic carbocycles. The van der Waals surface area contributed by atoms with Gasteiger partial charge in [0.15, 0.2) is 0 Å². The van der Waals surface area contributed by atoms with E-state index in [2.05, 4.69) is 22.5 Å². The zero-order valence-corrected chi connectivity index (χ0v) is 10.3. The minimum absolute atomic E-state index is 0.0964. The number of amides is 2. The molecular weight excluding hydrogens is 230 g/mol. The fraction of sp³-hybridized carbons (Fsp3) is 0.231. The summed E-state index contributed by atoms with van der Waals surface area (Å²) in [6.45, 7) is 5.63. The minimum atomic E-state index is -0.112. The van der Waals surface area contributed by atoms with E-state index in [-0.39, 0.29) is 18.4 Å². The Morgan fingerprint density at radius 2 is 1.83 bits per heavy atom. The number of carbonyl (C=O) groups excluding carboxylic acids is 2. The van der Waals surface area contributed by atoms with Crippen molar-refractivity contribution in [2.24, 2.45) is 0 Å². The van der Waals surface area contributed by atoms with Gasteiger partial charge in [-0.05, 0) is 24.3 Å². The van der Waals surface area contributed by atoms with E-state index < -0.39 is 0 Å². The van der Waals surface area contributed by atoms with E-state index in [0.717, 1.165) is 11.4 Å². The molecule has 2 amide bonds. The molecule has 5 nitrogen and oxygen atoms in total. The van der Waals surface area contributed by atoms with Gasteiger partial charge in [0.25, 0.3) is 0 Å². The fourth-order valence-corrected chi connectivity index (χ4v) is 1.31. The van der Waals surface area contributed by atoms with Crippen LogP contribution in [0.5, 0.6) is 0 Å². The van der Waals surface area contributed by atoms with E-state index in [0.29, 0.717) is 6.54 Å². The number of carbonyl (C=O) groups is 2. The summed E-state index contributed by atoms with van der Waals surface area (Å²) < 4.78 is 0. The maximum Gasteiger partial charge on any atom is 0.239 e. The number of benzene rings is 1. The summed E-state index contributed by atoms with van der Waals surface area (Å²) in [7, 11) is 0. The molecule has 0 atom stereocenters. The summed E-state index contributed by atoms with van der Waals surface area (Å²) in [5.74, 6) is -0.208.